The molecule has 0 saturated carbocycles. The second-order valence-corrected chi connectivity index (χ2v) is 12.2. The Kier molecular flexibility index (Phi) is 10.8. The molecule has 2 atom stereocenters. The standard InChI is InChI=1S/C35H47N5O3/c1-6-40(37)22-31(36)14-15-32(26(3)34(41)42-23-27-10-8-7-9-11-27)28-13-12-25(2)29(18-28)20-39-21-30-19-38-17-16-33(30)43-35(4,5)24-39/h7-13,16-19,22,26,32H,6,14-15,20-21,23-24,36-37H2,1-5H3/b31-22-. The lowest BCUT2D eigenvalue weighted by Gasteiger charge is -2.30. The second-order valence-electron chi connectivity index (χ2n) is 12.2. The van der Waals surface area contributed by atoms with Crippen LogP contribution in [0.3, 0.4) is 0 Å². The van der Waals surface area contributed by atoms with Gasteiger partial charge in [-0.3, -0.25) is 14.7 Å². The van der Waals surface area contributed by atoms with Gasteiger partial charge in [0.15, 0.2) is 0 Å². The molecule has 8 heteroatoms. The van der Waals surface area contributed by atoms with Crippen molar-refractivity contribution in [2.24, 2.45) is 17.5 Å². The summed E-state index contributed by atoms with van der Waals surface area (Å²) in [7, 11) is 0. The van der Waals surface area contributed by atoms with Gasteiger partial charge in [-0.05, 0) is 74.8 Å². The quantitative estimate of drug-likeness (QED) is 0.156. The number of nitrogens with zero attached hydrogens (tertiary/aromatic N) is 3. The minimum Gasteiger partial charge on any atom is -0.486 e. The Morgan fingerprint density at radius 1 is 1.21 bits per heavy atom. The molecular weight excluding hydrogens is 538 g/mol. The van der Waals surface area contributed by atoms with E-state index < -0.39 is 0 Å². The van der Waals surface area contributed by atoms with Crippen LogP contribution < -0.4 is 16.3 Å². The lowest BCUT2D eigenvalue weighted by molar-refractivity contribution is -0.150. The smallest absolute Gasteiger partial charge is 0.309 e. The predicted octanol–water partition coefficient (Wildman–Crippen LogP) is 5.80. The molecule has 0 bridgehead atoms. The molecule has 2 unspecified atom stereocenters. The van der Waals surface area contributed by atoms with Crippen molar-refractivity contribution < 1.29 is 14.3 Å². The van der Waals surface area contributed by atoms with E-state index >= 15 is 0 Å². The van der Waals surface area contributed by atoms with Gasteiger partial charge >= 0.3 is 5.97 Å². The van der Waals surface area contributed by atoms with Gasteiger partial charge in [0.05, 0.1) is 5.92 Å². The van der Waals surface area contributed by atoms with Gasteiger partial charge in [-0.15, -0.1) is 0 Å². The van der Waals surface area contributed by atoms with Crippen molar-refractivity contribution in [2.75, 3.05) is 13.1 Å². The molecule has 0 spiro atoms. The monoisotopic (exact) mass is 585 g/mol. The van der Waals surface area contributed by atoms with Crippen molar-refractivity contribution in [1.29, 1.82) is 0 Å². The largest absolute Gasteiger partial charge is 0.486 e. The minimum atomic E-state index is -0.365. The Bertz CT molecular complexity index is 1390. The average molecular weight is 586 g/mol. The minimum absolute atomic E-state index is 0.0868. The molecule has 43 heavy (non-hydrogen) atoms. The number of benzene rings is 2. The first-order chi connectivity index (χ1) is 20.5. The maximum Gasteiger partial charge on any atom is 0.309 e. The SMILES string of the molecule is CCN(N)/C=C(\N)CCC(c1ccc(C)c(CN2Cc3cnccc3OC(C)(C)C2)c1)C(C)C(=O)OCc1ccccc1. The predicted molar refractivity (Wildman–Crippen MR) is 170 cm³/mol. The number of aromatic nitrogens is 1. The fraction of sp³-hybridized carbons (Fsp3) is 0.429. The van der Waals surface area contributed by atoms with Gasteiger partial charge in [-0.1, -0.05) is 55.5 Å². The lowest BCUT2D eigenvalue weighted by Crippen LogP contribution is -2.40. The van der Waals surface area contributed by atoms with Crippen molar-refractivity contribution in [3.63, 3.8) is 0 Å². The Morgan fingerprint density at radius 2 is 1.98 bits per heavy atom. The third kappa shape index (κ3) is 9.05. The maximum atomic E-state index is 13.4. The van der Waals surface area contributed by atoms with Crippen LogP contribution >= 0.6 is 0 Å². The van der Waals surface area contributed by atoms with Crippen LogP contribution in [0, 0.1) is 12.8 Å². The van der Waals surface area contributed by atoms with Crippen LogP contribution in [0.15, 0.2) is 78.9 Å². The van der Waals surface area contributed by atoms with Gasteiger partial charge in [0.1, 0.15) is 18.0 Å². The van der Waals surface area contributed by atoms with Gasteiger partial charge in [-0.25, -0.2) is 5.84 Å². The fourth-order valence-electron chi connectivity index (χ4n) is 5.66. The van der Waals surface area contributed by atoms with E-state index in [1.165, 1.54) is 11.1 Å². The van der Waals surface area contributed by atoms with Crippen molar-refractivity contribution in [2.45, 2.75) is 78.7 Å². The molecule has 0 amide bonds. The van der Waals surface area contributed by atoms with E-state index in [0.717, 1.165) is 42.1 Å². The van der Waals surface area contributed by atoms with Crippen molar-refractivity contribution in [3.8, 4) is 5.75 Å². The number of pyridine rings is 1. The van der Waals surface area contributed by atoms with Crippen LogP contribution in [0.2, 0.25) is 0 Å². The number of esters is 1. The zero-order chi connectivity index (χ0) is 31.0. The topological polar surface area (TPSA) is 107 Å². The highest BCUT2D eigenvalue weighted by Gasteiger charge is 2.31. The van der Waals surface area contributed by atoms with Crippen LogP contribution in [0.4, 0.5) is 0 Å². The molecule has 1 aliphatic heterocycles. The molecule has 0 radical (unpaired) electrons. The van der Waals surface area contributed by atoms with E-state index in [4.69, 9.17) is 21.1 Å². The molecule has 1 aromatic heterocycles. The second kappa shape index (κ2) is 14.5. The summed E-state index contributed by atoms with van der Waals surface area (Å²) in [6.07, 6.45) is 6.74. The summed E-state index contributed by atoms with van der Waals surface area (Å²) in [5.41, 5.74) is 12.3. The summed E-state index contributed by atoms with van der Waals surface area (Å²) in [4.78, 5) is 20.1. The van der Waals surface area contributed by atoms with Crippen molar-refractivity contribution in [1.82, 2.24) is 14.9 Å². The van der Waals surface area contributed by atoms with Crippen LogP contribution in [0.25, 0.3) is 0 Å². The first-order valence-electron chi connectivity index (χ1n) is 15.2. The molecule has 8 nitrogen and oxygen atoms in total. The first kappa shape index (κ1) is 32.0. The number of hydrogen-bond donors (Lipinski definition) is 2. The molecule has 230 valence electrons. The van der Waals surface area contributed by atoms with E-state index in [-0.39, 0.29) is 30.0 Å². The number of hydrazine groups is 1. The third-order valence-corrected chi connectivity index (χ3v) is 8.08. The first-order valence-corrected chi connectivity index (χ1v) is 15.2. The summed E-state index contributed by atoms with van der Waals surface area (Å²) >= 11 is 0. The fourth-order valence-corrected chi connectivity index (χ4v) is 5.66. The summed E-state index contributed by atoms with van der Waals surface area (Å²) in [6.45, 7) is 13.5. The number of fused-ring (bicyclic) bond motifs is 1. The van der Waals surface area contributed by atoms with Gasteiger partial charge in [0.25, 0.3) is 0 Å². The number of carbonyl (C=O) groups excluding carboxylic acids is 1. The lowest BCUT2D eigenvalue weighted by atomic mass is 9.82. The molecular formula is C35H47N5O3. The average Bonchev–Trinajstić information content (AvgIpc) is 3.11. The van der Waals surface area contributed by atoms with Crippen LogP contribution in [0.5, 0.6) is 5.75 Å². The Labute approximate surface area is 256 Å². The summed E-state index contributed by atoms with van der Waals surface area (Å²) in [5, 5.41) is 1.58. The van der Waals surface area contributed by atoms with E-state index in [9.17, 15) is 4.79 Å². The highest BCUT2D eigenvalue weighted by Crippen LogP contribution is 2.34. The number of nitrogens with two attached hydrogens (primary N) is 2. The highest BCUT2D eigenvalue weighted by molar-refractivity contribution is 5.73. The zero-order valence-electron chi connectivity index (χ0n) is 26.3. The number of carbonyl (C=O) groups is 1. The van der Waals surface area contributed by atoms with E-state index in [2.05, 4.69) is 48.9 Å². The summed E-state index contributed by atoms with van der Waals surface area (Å²) in [6, 6.07) is 18.3. The molecule has 0 aliphatic carbocycles. The van der Waals surface area contributed by atoms with Crippen molar-refractivity contribution in [3.05, 3.63) is 107 Å². The molecule has 0 fully saturated rings. The Morgan fingerprint density at radius 3 is 2.72 bits per heavy atom. The normalized spacial score (nSPS) is 16.4. The van der Waals surface area contributed by atoms with Crippen molar-refractivity contribution >= 4 is 5.97 Å². The molecule has 2 aromatic carbocycles. The van der Waals surface area contributed by atoms with Gasteiger partial charge in [-0.2, -0.15) is 0 Å². The molecule has 2 heterocycles. The number of hydrogen-bond acceptors (Lipinski definition) is 8. The Hall–Kier alpha value is -3.88. The summed E-state index contributed by atoms with van der Waals surface area (Å²) in [5.74, 6) is 6.18. The van der Waals surface area contributed by atoms with Gasteiger partial charge < -0.3 is 20.2 Å². The molecule has 4 rings (SSSR count). The van der Waals surface area contributed by atoms with Gasteiger partial charge in [0, 0.05) is 56.0 Å². The number of rotatable bonds is 12. The summed E-state index contributed by atoms with van der Waals surface area (Å²) < 4.78 is 12.1. The maximum absolute atomic E-state index is 13.4. The number of allylic oxidation sites excluding steroid dienone is 1. The molecule has 1 aliphatic rings. The number of ether oxygens (including phenoxy) is 2. The third-order valence-electron chi connectivity index (χ3n) is 8.08. The number of aryl methyl sites for hydroxylation is 1. The highest BCUT2D eigenvalue weighted by atomic mass is 16.5. The molecule has 0 saturated heterocycles. The Balaban J connectivity index is 1.58. The molecule has 4 N–H and O–H groups in total. The molecule has 3 aromatic rings. The van der Waals surface area contributed by atoms with E-state index in [1.54, 1.807) is 17.4 Å². The van der Waals surface area contributed by atoms with E-state index in [0.29, 0.717) is 25.1 Å². The van der Waals surface area contributed by atoms with Crippen LogP contribution in [0.1, 0.15) is 74.3 Å². The van der Waals surface area contributed by atoms with Crippen LogP contribution in [-0.2, 0) is 29.2 Å². The van der Waals surface area contributed by atoms with Gasteiger partial charge in [0.2, 0.25) is 0 Å². The zero-order valence-corrected chi connectivity index (χ0v) is 26.3. The van der Waals surface area contributed by atoms with Crippen LogP contribution in [-0.4, -0.2) is 39.6 Å². The van der Waals surface area contributed by atoms with E-state index in [1.807, 2.05) is 56.4 Å².